The molecule has 5 aromatic rings. The lowest BCUT2D eigenvalue weighted by Crippen LogP contribution is -2.08. The van der Waals surface area contributed by atoms with Crippen molar-refractivity contribution in [2.24, 2.45) is 0 Å². The third-order valence-electron chi connectivity index (χ3n) is 6.04. The van der Waals surface area contributed by atoms with Crippen molar-refractivity contribution in [2.75, 3.05) is 0 Å². The van der Waals surface area contributed by atoms with Crippen molar-refractivity contribution in [3.63, 3.8) is 0 Å². The van der Waals surface area contributed by atoms with Crippen LogP contribution in [0.5, 0.6) is 0 Å². The summed E-state index contributed by atoms with van der Waals surface area (Å²) in [6.07, 6.45) is 2.48. The van der Waals surface area contributed by atoms with E-state index in [2.05, 4.69) is 0 Å². The second-order valence-corrected chi connectivity index (χ2v) is 8.50. The third-order valence-corrected chi connectivity index (χ3v) is 6.04. The molecule has 8 heteroatoms. The standard InChI is InChI=1S/C28H23F2N3O3/c1-2-19-11-12-20(36-19)14-22-25(15-26(34)35)33-16-24(17-7-4-3-5-8-17)31-23(28(33)32-22)13-18-9-6-10-21(29)27(18)30/h3-12,16H,2,13-15H2,1H3,(H,34,35). The van der Waals surface area contributed by atoms with Crippen LogP contribution in [0.3, 0.4) is 0 Å². The predicted molar refractivity (Wildman–Crippen MR) is 130 cm³/mol. The summed E-state index contributed by atoms with van der Waals surface area (Å²) in [5.41, 5.74) is 3.32. The molecule has 0 aliphatic carbocycles. The maximum Gasteiger partial charge on any atom is 0.309 e. The van der Waals surface area contributed by atoms with E-state index in [0.29, 0.717) is 40.6 Å². The summed E-state index contributed by atoms with van der Waals surface area (Å²) in [5, 5.41) is 9.66. The molecule has 0 bridgehead atoms. The smallest absolute Gasteiger partial charge is 0.309 e. The fourth-order valence-electron chi connectivity index (χ4n) is 4.28. The summed E-state index contributed by atoms with van der Waals surface area (Å²) in [5.74, 6) is -1.41. The topological polar surface area (TPSA) is 80.6 Å². The Labute approximate surface area is 205 Å². The van der Waals surface area contributed by atoms with Crippen LogP contribution in [0.1, 0.15) is 41.1 Å². The number of imidazole rings is 1. The first kappa shape index (κ1) is 23.4. The molecule has 182 valence electrons. The molecule has 6 nitrogen and oxygen atoms in total. The van der Waals surface area contributed by atoms with Gasteiger partial charge < -0.3 is 9.52 Å². The molecule has 0 spiro atoms. The molecule has 0 radical (unpaired) electrons. The van der Waals surface area contributed by atoms with E-state index in [1.807, 2.05) is 49.4 Å². The first-order valence-corrected chi connectivity index (χ1v) is 11.6. The zero-order valence-electron chi connectivity index (χ0n) is 19.5. The van der Waals surface area contributed by atoms with E-state index in [0.717, 1.165) is 23.8 Å². The first-order valence-electron chi connectivity index (χ1n) is 11.6. The van der Waals surface area contributed by atoms with Gasteiger partial charge in [0.15, 0.2) is 17.3 Å². The van der Waals surface area contributed by atoms with E-state index in [1.165, 1.54) is 12.1 Å². The number of hydrogen-bond donors (Lipinski definition) is 1. The Kier molecular flexibility index (Phi) is 6.33. The average Bonchev–Trinajstić information content (AvgIpc) is 3.47. The number of halogens is 2. The van der Waals surface area contributed by atoms with Crippen LogP contribution in [0.4, 0.5) is 8.78 Å². The molecule has 36 heavy (non-hydrogen) atoms. The minimum absolute atomic E-state index is 0.0164. The molecule has 5 rings (SSSR count). The van der Waals surface area contributed by atoms with Crippen molar-refractivity contribution in [2.45, 2.75) is 32.6 Å². The number of aromatic nitrogens is 3. The van der Waals surface area contributed by atoms with E-state index < -0.39 is 17.6 Å². The molecule has 0 saturated carbocycles. The van der Waals surface area contributed by atoms with E-state index in [4.69, 9.17) is 14.4 Å². The number of fused-ring (bicyclic) bond motifs is 1. The molecular weight excluding hydrogens is 464 g/mol. The molecule has 0 unspecified atom stereocenters. The quantitative estimate of drug-likeness (QED) is 0.306. The van der Waals surface area contributed by atoms with Gasteiger partial charge in [-0.25, -0.2) is 18.7 Å². The number of benzene rings is 2. The molecular formula is C28H23F2N3O3. The third kappa shape index (κ3) is 4.62. The SMILES string of the molecule is CCc1ccc(Cc2nc3c(Cc4cccc(F)c4F)nc(-c4ccccc4)cn3c2CC(=O)O)o1. The van der Waals surface area contributed by atoms with E-state index in [-0.39, 0.29) is 18.4 Å². The number of carboxylic acid groups (broad SMARTS) is 1. The van der Waals surface area contributed by atoms with Crippen LogP contribution in [-0.4, -0.2) is 25.4 Å². The van der Waals surface area contributed by atoms with Crippen LogP contribution >= 0.6 is 0 Å². The van der Waals surface area contributed by atoms with E-state index in [1.54, 1.807) is 10.6 Å². The summed E-state index contributed by atoms with van der Waals surface area (Å²) in [4.78, 5) is 21.3. The van der Waals surface area contributed by atoms with Crippen LogP contribution in [0.15, 0.2) is 71.3 Å². The van der Waals surface area contributed by atoms with Gasteiger partial charge in [0.05, 0.1) is 35.6 Å². The Bertz CT molecular complexity index is 1560. The Morgan fingerprint density at radius 1 is 0.944 bits per heavy atom. The molecule has 2 aromatic carbocycles. The second kappa shape index (κ2) is 9.73. The van der Waals surface area contributed by atoms with Crippen molar-refractivity contribution in [1.82, 2.24) is 14.4 Å². The number of carboxylic acids is 1. The van der Waals surface area contributed by atoms with Gasteiger partial charge in [0.25, 0.3) is 0 Å². The van der Waals surface area contributed by atoms with Crippen molar-refractivity contribution in [3.05, 3.63) is 113 Å². The van der Waals surface area contributed by atoms with Gasteiger partial charge in [0, 0.05) is 24.6 Å². The highest BCUT2D eigenvalue weighted by atomic mass is 19.2. The van der Waals surface area contributed by atoms with Gasteiger partial charge in [0.2, 0.25) is 0 Å². The first-order chi connectivity index (χ1) is 17.4. The molecule has 1 N–H and O–H groups in total. The Hall–Kier alpha value is -4.33. The van der Waals surface area contributed by atoms with Crippen molar-refractivity contribution < 1.29 is 23.1 Å². The van der Waals surface area contributed by atoms with Crippen molar-refractivity contribution in [1.29, 1.82) is 0 Å². The van der Waals surface area contributed by atoms with Crippen LogP contribution in [0.25, 0.3) is 16.9 Å². The lowest BCUT2D eigenvalue weighted by molar-refractivity contribution is -0.136. The number of hydrogen-bond acceptors (Lipinski definition) is 4. The molecule has 0 amide bonds. The zero-order valence-corrected chi connectivity index (χ0v) is 19.5. The molecule has 0 aliphatic rings. The van der Waals surface area contributed by atoms with Gasteiger partial charge in [-0.1, -0.05) is 49.4 Å². The summed E-state index contributed by atoms with van der Waals surface area (Å²) in [6.45, 7) is 1.98. The fraction of sp³-hybridized carbons (Fsp3) is 0.179. The fourth-order valence-corrected chi connectivity index (χ4v) is 4.28. The summed E-state index contributed by atoms with van der Waals surface area (Å²) in [6, 6.07) is 17.1. The normalized spacial score (nSPS) is 11.3. The number of nitrogens with zero attached hydrogens (tertiary/aromatic N) is 3. The highest BCUT2D eigenvalue weighted by Gasteiger charge is 2.22. The highest BCUT2D eigenvalue weighted by molar-refractivity contribution is 5.71. The van der Waals surface area contributed by atoms with E-state index in [9.17, 15) is 18.7 Å². The Morgan fingerprint density at radius 3 is 2.44 bits per heavy atom. The number of furan rings is 1. The van der Waals surface area contributed by atoms with Gasteiger partial charge in [-0.15, -0.1) is 0 Å². The van der Waals surface area contributed by atoms with Crippen molar-refractivity contribution in [3.8, 4) is 11.3 Å². The minimum Gasteiger partial charge on any atom is -0.481 e. The molecule has 3 aromatic heterocycles. The predicted octanol–water partition coefficient (Wildman–Crippen LogP) is 5.64. The number of aliphatic carboxylic acids is 1. The van der Waals surface area contributed by atoms with Crippen molar-refractivity contribution >= 4 is 11.6 Å². The van der Waals surface area contributed by atoms with Crippen LogP contribution < -0.4 is 0 Å². The summed E-state index contributed by atoms with van der Waals surface area (Å²) >= 11 is 0. The molecule has 0 atom stereocenters. The van der Waals surface area contributed by atoms with Crippen LogP contribution in [-0.2, 0) is 30.5 Å². The van der Waals surface area contributed by atoms with Gasteiger partial charge in [-0.05, 0) is 23.8 Å². The maximum absolute atomic E-state index is 14.6. The molecule has 0 aliphatic heterocycles. The van der Waals surface area contributed by atoms with Gasteiger partial charge in [0.1, 0.15) is 11.5 Å². The molecule has 0 fully saturated rings. The molecule has 3 heterocycles. The monoisotopic (exact) mass is 487 g/mol. The van der Waals surface area contributed by atoms with Crippen LogP contribution in [0, 0.1) is 11.6 Å². The number of rotatable bonds is 8. The lowest BCUT2D eigenvalue weighted by atomic mass is 10.1. The Balaban J connectivity index is 1.71. The highest BCUT2D eigenvalue weighted by Crippen LogP contribution is 2.27. The average molecular weight is 488 g/mol. The largest absolute Gasteiger partial charge is 0.481 e. The van der Waals surface area contributed by atoms with Gasteiger partial charge in [-0.2, -0.15) is 0 Å². The summed E-state index contributed by atoms with van der Waals surface area (Å²) < 4.78 is 36.0. The number of aryl methyl sites for hydroxylation is 1. The zero-order chi connectivity index (χ0) is 25.2. The second-order valence-electron chi connectivity index (χ2n) is 8.50. The number of carbonyl (C=O) groups is 1. The van der Waals surface area contributed by atoms with Crippen LogP contribution in [0.2, 0.25) is 0 Å². The lowest BCUT2D eigenvalue weighted by Gasteiger charge is -2.10. The van der Waals surface area contributed by atoms with Gasteiger partial charge in [-0.3, -0.25) is 9.20 Å². The Morgan fingerprint density at radius 2 is 1.72 bits per heavy atom. The summed E-state index contributed by atoms with van der Waals surface area (Å²) in [7, 11) is 0. The van der Waals surface area contributed by atoms with Gasteiger partial charge >= 0.3 is 5.97 Å². The van der Waals surface area contributed by atoms with E-state index >= 15 is 0 Å². The molecule has 0 saturated heterocycles. The minimum atomic E-state index is -1.01. The maximum atomic E-state index is 14.6.